The molecule has 1 amide bonds. The van der Waals surface area contributed by atoms with Crippen LogP contribution in [0.1, 0.15) is 22.0 Å². The average molecular weight is 284 g/mol. The van der Waals surface area contributed by atoms with Crippen LogP contribution in [0.4, 0.5) is 5.69 Å². The first-order valence-electron chi connectivity index (χ1n) is 6.65. The number of nitrogens with one attached hydrogen (secondary N) is 1. The molecule has 2 aromatic carbocycles. The summed E-state index contributed by atoms with van der Waals surface area (Å²) in [7, 11) is 1.52. The molecule has 0 saturated heterocycles. The van der Waals surface area contributed by atoms with Crippen molar-refractivity contribution in [2.75, 3.05) is 19.5 Å². The Labute approximate surface area is 122 Å². The van der Waals surface area contributed by atoms with Gasteiger partial charge in [-0.2, -0.15) is 0 Å². The average Bonchev–Trinajstić information content (AvgIpc) is 2.90. The number of carbonyl (C=O) groups is 1. The lowest BCUT2D eigenvalue weighted by Crippen LogP contribution is -2.29. The Morgan fingerprint density at radius 1 is 1.33 bits per heavy atom. The highest BCUT2D eigenvalue weighted by atomic mass is 16.5. The number of para-hydroxylation sites is 1. The van der Waals surface area contributed by atoms with Crippen molar-refractivity contribution in [2.45, 2.75) is 6.04 Å². The van der Waals surface area contributed by atoms with Crippen molar-refractivity contribution in [3.05, 3.63) is 53.6 Å². The second kappa shape index (κ2) is 5.36. The van der Waals surface area contributed by atoms with Gasteiger partial charge in [0.05, 0.1) is 18.7 Å². The summed E-state index contributed by atoms with van der Waals surface area (Å²) in [6, 6.07) is 12.5. The standard InChI is InChI=1S/C16H16N2O3/c1-20-14-7-6-10(17)8-12(14)16(19)18-13-9-21-15-5-3-2-4-11(13)15/h2-8,13H,9,17H2,1H3,(H,18,19). The molecule has 1 heterocycles. The Morgan fingerprint density at radius 3 is 2.95 bits per heavy atom. The zero-order chi connectivity index (χ0) is 14.8. The Balaban J connectivity index is 1.83. The monoisotopic (exact) mass is 284 g/mol. The molecule has 5 heteroatoms. The van der Waals surface area contributed by atoms with Crippen LogP contribution in [-0.2, 0) is 0 Å². The third-order valence-electron chi connectivity index (χ3n) is 3.47. The van der Waals surface area contributed by atoms with Gasteiger partial charge < -0.3 is 20.5 Å². The van der Waals surface area contributed by atoms with E-state index in [-0.39, 0.29) is 11.9 Å². The number of methoxy groups -OCH3 is 1. The lowest BCUT2D eigenvalue weighted by Gasteiger charge is -2.14. The number of fused-ring (bicyclic) bond motifs is 1. The predicted octanol–water partition coefficient (Wildman–Crippen LogP) is 2.14. The highest BCUT2D eigenvalue weighted by molar-refractivity contribution is 5.98. The SMILES string of the molecule is COc1ccc(N)cc1C(=O)NC1COc2ccccc21. The minimum Gasteiger partial charge on any atom is -0.496 e. The second-order valence-electron chi connectivity index (χ2n) is 4.83. The molecule has 0 aliphatic carbocycles. The lowest BCUT2D eigenvalue weighted by molar-refractivity contribution is 0.0927. The number of nitrogens with two attached hydrogens (primary N) is 1. The maximum Gasteiger partial charge on any atom is 0.255 e. The lowest BCUT2D eigenvalue weighted by atomic mass is 10.1. The molecule has 3 rings (SSSR count). The van der Waals surface area contributed by atoms with Gasteiger partial charge in [0.15, 0.2) is 0 Å². The van der Waals surface area contributed by atoms with Gasteiger partial charge in [0.1, 0.15) is 18.1 Å². The molecule has 1 unspecified atom stereocenters. The first kappa shape index (κ1) is 13.3. The maximum absolute atomic E-state index is 12.4. The number of anilines is 1. The van der Waals surface area contributed by atoms with Gasteiger partial charge in [0.2, 0.25) is 0 Å². The summed E-state index contributed by atoms with van der Waals surface area (Å²) in [5, 5.41) is 2.95. The fourth-order valence-electron chi connectivity index (χ4n) is 2.42. The van der Waals surface area contributed by atoms with Crippen molar-refractivity contribution in [2.24, 2.45) is 0 Å². The van der Waals surface area contributed by atoms with Crippen LogP contribution in [-0.4, -0.2) is 19.6 Å². The number of benzene rings is 2. The van der Waals surface area contributed by atoms with Crippen molar-refractivity contribution in [1.29, 1.82) is 0 Å². The summed E-state index contributed by atoms with van der Waals surface area (Å²) in [5.41, 5.74) is 7.66. The predicted molar refractivity (Wildman–Crippen MR) is 79.6 cm³/mol. The van der Waals surface area contributed by atoms with Crippen LogP contribution in [0, 0.1) is 0 Å². The van der Waals surface area contributed by atoms with Gasteiger partial charge in [-0.15, -0.1) is 0 Å². The minimum atomic E-state index is -0.232. The van der Waals surface area contributed by atoms with Gasteiger partial charge in [-0.25, -0.2) is 0 Å². The number of amides is 1. The van der Waals surface area contributed by atoms with Gasteiger partial charge in [-0.1, -0.05) is 18.2 Å². The number of nitrogen functional groups attached to an aromatic ring is 1. The third-order valence-corrected chi connectivity index (χ3v) is 3.47. The van der Waals surface area contributed by atoms with Crippen LogP contribution in [0.2, 0.25) is 0 Å². The van der Waals surface area contributed by atoms with E-state index in [4.69, 9.17) is 15.2 Å². The highest BCUT2D eigenvalue weighted by Crippen LogP contribution is 2.32. The van der Waals surface area contributed by atoms with E-state index in [1.165, 1.54) is 7.11 Å². The van der Waals surface area contributed by atoms with E-state index in [0.717, 1.165) is 11.3 Å². The van der Waals surface area contributed by atoms with Crippen molar-refractivity contribution in [3.8, 4) is 11.5 Å². The first-order valence-corrected chi connectivity index (χ1v) is 6.65. The van der Waals surface area contributed by atoms with Crippen molar-refractivity contribution in [1.82, 2.24) is 5.32 Å². The van der Waals surface area contributed by atoms with Gasteiger partial charge in [0, 0.05) is 11.3 Å². The molecule has 3 N–H and O–H groups in total. The Hall–Kier alpha value is -2.69. The van der Waals surface area contributed by atoms with Gasteiger partial charge >= 0.3 is 0 Å². The molecule has 5 nitrogen and oxygen atoms in total. The van der Waals surface area contributed by atoms with Crippen LogP contribution in [0.25, 0.3) is 0 Å². The molecule has 0 bridgehead atoms. The van der Waals surface area contributed by atoms with Gasteiger partial charge in [-0.05, 0) is 24.3 Å². The molecule has 0 radical (unpaired) electrons. The normalized spacial score (nSPS) is 16.0. The van der Waals surface area contributed by atoms with E-state index in [2.05, 4.69) is 5.32 Å². The molecule has 0 saturated carbocycles. The van der Waals surface area contributed by atoms with E-state index in [9.17, 15) is 4.79 Å². The largest absolute Gasteiger partial charge is 0.496 e. The molecule has 1 aliphatic heterocycles. The Kier molecular flexibility index (Phi) is 3.39. The van der Waals surface area contributed by atoms with Crippen molar-refractivity contribution < 1.29 is 14.3 Å². The summed E-state index contributed by atoms with van der Waals surface area (Å²) in [4.78, 5) is 12.4. The molecular formula is C16H16N2O3. The van der Waals surface area contributed by atoms with Crippen molar-refractivity contribution in [3.63, 3.8) is 0 Å². The number of carbonyl (C=O) groups excluding carboxylic acids is 1. The molecule has 1 aliphatic rings. The summed E-state index contributed by atoms with van der Waals surface area (Å²) in [5.74, 6) is 1.07. The molecule has 0 aromatic heterocycles. The molecule has 0 fully saturated rings. The molecular weight excluding hydrogens is 268 g/mol. The number of hydrogen-bond donors (Lipinski definition) is 2. The Morgan fingerprint density at radius 2 is 2.14 bits per heavy atom. The number of ether oxygens (including phenoxy) is 2. The van der Waals surface area contributed by atoms with Crippen molar-refractivity contribution >= 4 is 11.6 Å². The zero-order valence-electron chi connectivity index (χ0n) is 11.6. The van der Waals surface area contributed by atoms with Gasteiger partial charge in [-0.3, -0.25) is 4.79 Å². The van der Waals surface area contributed by atoms with E-state index < -0.39 is 0 Å². The van der Waals surface area contributed by atoms with Crippen LogP contribution >= 0.6 is 0 Å². The topological polar surface area (TPSA) is 73.6 Å². The quantitative estimate of drug-likeness (QED) is 0.847. The van der Waals surface area contributed by atoms with Crippen LogP contribution in [0.5, 0.6) is 11.5 Å². The van der Waals surface area contributed by atoms with E-state index in [1.807, 2.05) is 24.3 Å². The Bertz CT molecular complexity index is 685. The van der Waals surface area contributed by atoms with Gasteiger partial charge in [0.25, 0.3) is 5.91 Å². The third kappa shape index (κ3) is 2.50. The second-order valence-corrected chi connectivity index (χ2v) is 4.83. The summed E-state index contributed by atoms with van der Waals surface area (Å²) >= 11 is 0. The molecule has 1 atom stereocenters. The van der Waals surface area contributed by atoms with E-state index >= 15 is 0 Å². The molecule has 0 spiro atoms. The van der Waals surface area contributed by atoms with Crippen LogP contribution in [0.15, 0.2) is 42.5 Å². The molecule has 108 valence electrons. The fourth-order valence-corrected chi connectivity index (χ4v) is 2.42. The summed E-state index contributed by atoms with van der Waals surface area (Å²) in [6.45, 7) is 0.426. The first-order chi connectivity index (χ1) is 10.2. The highest BCUT2D eigenvalue weighted by Gasteiger charge is 2.26. The summed E-state index contributed by atoms with van der Waals surface area (Å²) < 4.78 is 10.8. The van der Waals surface area contributed by atoms with E-state index in [1.54, 1.807) is 18.2 Å². The summed E-state index contributed by atoms with van der Waals surface area (Å²) in [6.07, 6.45) is 0. The maximum atomic E-state index is 12.4. The van der Waals surface area contributed by atoms with E-state index in [0.29, 0.717) is 23.6 Å². The smallest absolute Gasteiger partial charge is 0.255 e. The zero-order valence-corrected chi connectivity index (χ0v) is 11.6. The number of hydrogen-bond acceptors (Lipinski definition) is 4. The minimum absolute atomic E-state index is 0.167. The van der Waals surface area contributed by atoms with Crippen LogP contribution in [0.3, 0.4) is 0 Å². The van der Waals surface area contributed by atoms with Crippen LogP contribution < -0.4 is 20.5 Å². The molecule has 21 heavy (non-hydrogen) atoms. The fraction of sp³-hybridized carbons (Fsp3) is 0.188. The molecule has 2 aromatic rings. The number of rotatable bonds is 3.